The predicted octanol–water partition coefficient (Wildman–Crippen LogP) is 1.04. The van der Waals surface area contributed by atoms with Gasteiger partial charge in [0.1, 0.15) is 5.69 Å². The summed E-state index contributed by atoms with van der Waals surface area (Å²) in [6.45, 7) is 1.67. The smallest absolute Gasteiger partial charge is 0.320 e. The van der Waals surface area contributed by atoms with Gasteiger partial charge in [-0.05, 0) is 11.6 Å². The summed E-state index contributed by atoms with van der Waals surface area (Å²) in [4.78, 5) is 25.2. The highest BCUT2D eigenvalue weighted by Gasteiger charge is 2.25. The molecule has 2 N–H and O–H groups in total. The highest BCUT2D eigenvalue weighted by atomic mass is 16.6. The van der Waals surface area contributed by atoms with Gasteiger partial charge in [-0.25, -0.2) is 4.79 Å². The van der Waals surface area contributed by atoms with Crippen molar-refractivity contribution in [3.63, 3.8) is 0 Å². The van der Waals surface area contributed by atoms with E-state index >= 15 is 0 Å². The Labute approximate surface area is 104 Å². The number of anilines is 1. The van der Waals surface area contributed by atoms with Crippen LogP contribution in [0.3, 0.4) is 0 Å². The minimum Gasteiger partial charge on any atom is -0.393 e. The van der Waals surface area contributed by atoms with Gasteiger partial charge in [-0.2, -0.15) is 0 Å². The van der Waals surface area contributed by atoms with Gasteiger partial charge in [0, 0.05) is 32.7 Å². The molecule has 1 aromatic rings. The van der Waals surface area contributed by atoms with E-state index in [0.717, 1.165) is 0 Å². The molecule has 1 aliphatic rings. The maximum absolute atomic E-state index is 11.7. The Bertz CT molecular complexity index is 503. The topological polar surface area (TPSA) is 92.7 Å². The first-order valence-electron chi connectivity index (χ1n) is 5.52. The van der Waals surface area contributed by atoms with Crippen LogP contribution in [0.5, 0.6) is 0 Å². The summed E-state index contributed by atoms with van der Waals surface area (Å²) < 4.78 is 0. The van der Waals surface area contributed by atoms with E-state index in [1.807, 2.05) is 0 Å². The molecule has 2 rings (SSSR count). The van der Waals surface area contributed by atoms with Gasteiger partial charge in [0.05, 0.1) is 4.92 Å². The zero-order valence-electron chi connectivity index (χ0n) is 10.00. The Morgan fingerprint density at radius 1 is 1.44 bits per heavy atom. The number of nitrogens with two attached hydrogens (primary N) is 1. The molecular formula is C11H14N4O3. The lowest BCUT2D eigenvalue weighted by molar-refractivity contribution is -0.384. The van der Waals surface area contributed by atoms with Crippen LogP contribution in [0.4, 0.5) is 16.2 Å². The Morgan fingerprint density at radius 3 is 2.72 bits per heavy atom. The van der Waals surface area contributed by atoms with Crippen LogP contribution < -0.4 is 5.73 Å². The van der Waals surface area contributed by atoms with E-state index in [1.54, 1.807) is 22.9 Å². The van der Waals surface area contributed by atoms with Crippen molar-refractivity contribution in [3.8, 4) is 0 Å². The van der Waals surface area contributed by atoms with Crippen LogP contribution in [-0.2, 0) is 6.54 Å². The molecule has 0 aromatic heterocycles. The van der Waals surface area contributed by atoms with Crippen LogP contribution >= 0.6 is 0 Å². The van der Waals surface area contributed by atoms with Gasteiger partial charge in [0.15, 0.2) is 0 Å². The quantitative estimate of drug-likeness (QED) is 0.493. The minimum atomic E-state index is -0.517. The van der Waals surface area contributed by atoms with Gasteiger partial charge >= 0.3 is 6.03 Å². The Kier molecular flexibility index (Phi) is 3.05. The second-order valence-corrected chi connectivity index (χ2v) is 4.28. The lowest BCUT2D eigenvalue weighted by Gasteiger charge is -2.15. The number of carbonyl (C=O) groups is 1. The average Bonchev–Trinajstić information content (AvgIpc) is 2.63. The molecule has 1 aromatic carbocycles. The summed E-state index contributed by atoms with van der Waals surface area (Å²) in [6, 6.07) is 4.56. The first-order valence-corrected chi connectivity index (χ1v) is 5.52. The molecule has 1 heterocycles. The van der Waals surface area contributed by atoms with Crippen LogP contribution in [0.15, 0.2) is 18.2 Å². The number of nitrogen functional groups attached to an aromatic ring is 1. The maximum Gasteiger partial charge on any atom is 0.320 e. The lowest BCUT2D eigenvalue weighted by atomic mass is 10.1. The number of carbonyl (C=O) groups excluding carboxylic acids is 1. The molecular weight excluding hydrogens is 236 g/mol. The molecule has 0 unspecified atom stereocenters. The van der Waals surface area contributed by atoms with Crippen molar-refractivity contribution in [2.75, 3.05) is 25.9 Å². The fraction of sp³-hybridized carbons (Fsp3) is 0.364. The minimum absolute atomic E-state index is 0.0607. The predicted molar refractivity (Wildman–Crippen MR) is 65.9 cm³/mol. The van der Waals surface area contributed by atoms with Crippen molar-refractivity contribution in [3.05, 3.63) is 33.9 Å². The average molecular weight is 250 g/mol. The van der Waals surface area contributed by atoms with Crippen LogP contribution in [0, 0.1) is 10.1 Å². The number of nitro benzene ring substituents is 1. The molecule has 0 saturated carbocycles. The lowest BCUT2D eigenvalue weighted by Crippen LogP contribution is -2.28. The van der Waals surface area contributed by atoms with Crippen molar-refractivity contribution in [1.82, 2.24) is 9.80 Å². The van der Waals surface area contributed by atoms with Crippen molar-refractivity contribution < 1.29 is 9.72 Å². The standard InChI is InChI=1S/C11H14N4O3/c1-13-4-5-14(11(13)16)7-8-2-3-9(12)10(6-8)15(17)18/h2-3,6H,4-5,7,12H2,1H3. The maximum atomic E-state index is 11.7. The molecule has 7 heteroatoms. The number of urea groups is 1. The second-order valence-electron chi connectivity index (χ2n) is 4.28. The number of nitrogens with zero attached hydrogens (tertiary/aromatic N) is 3. The molecule has 2 amide bonds. The third-order valence-electron chi connectivity index (χ3n) is 2.97. The number of likely N-dealkylation sites (N-methyl/N-ethyl adjacent to an activating group) is 1. The molecule has 7 nitrogen and oxygen atoms in total. The van der Waals surface area contributed by atoms with Gasteiger partial charge in [0.25, 0.3) is 5.69 Å². The molecule has 0 atom stereocenters. The molecule has 1 fully saturated rings. The summed E-state index contributed by atoms with van der Waals surface area (Å²) in [5.41, 5.74) is 6.24. The van der Waals surface area contributed by atoms with Crippen LogP contribution in [0.1, 0.15) is 5.56 Å². The molecule has 1 saturated heterocycles. The monoisotopic (exact) mass is 250 g/mol. The van der Waals surface area contributed by atoms with E-state index in [9.17, 15) is 14.9 Å². The van der Waals surface area contributed by atoms with E-state index < -0.39 is 4.92 Å². The van der Waals surface area contributed by atoms with E-state index in [1.165, 1.54) is 12.1 Å². The van der Waals surface area contributed by atoms with Gasteiger partial charge in [0.2, 0.25) is 0 Å². The number of hydrogen-bond donors (Lipinski definition) is 1. The molecule has 1 aliphatic heterocycles. The first-order chi connectivity index (χ1) is 8.49. The first kappa shape index (κ1) is 12.2. The van der Waals surface area contributed by atoms with Crippen LogP contribution in [0.2, 0.25) is 0 Å². The summed E-state index contributed by atoms with van der Waals surface area (Å²) in [5, 5.41) is 10.8. The third kappa shape index (κ3) is 2.20. The van der Waals surface area contributed by atoms with Gasteiger partial charge in [-0.1, -0.05) is 6.07 Å². The van der Waals surface area contributed by atoms with E-state index in [0.29, 0.717) is 25.2 Å². The third-order valence-corrected chi connectivity index (χ3v) is 2.97. The second kappa shape index (κ2) is 4.52. The molecule has 0 bridgehead atoms. The van der Waals surface area contributed by atoms with Gasteiger partial charge in [-0.15, -0.1) is 0 Å². The SMILES string of the molecule is CN1CCN(Cc2ccc(N)c([N+](=O)[O-])c2)C1=O. The Morgan fingerprint density at radius 2 is 2.17 bits per heavy atom. The fourth-order valence-electron chi connectivity index (χ4n) is 1.92. The summed E-state index contributed by atoms with van der Waals surface area (Å²) in [6.07, 6.45) is 0. The van der Waals surface area contributed by atoms with Gasteiger partial charge in [-0.3, -0.25) is 10.1 Å². The molecule has 18 heavy (non-hydrogen) atoms. The van der Waals surface area contributed by atoms with Crippen molar-refractivity contribution in [2.45, 2.75) is 6.54 Å². The van der Waals surface area contributed by atoms with E-state index in [-0.39, 0.29) is 17.4 Å². The highest BCUT2D eigenvalue weighted by molar-refractivity contribution is 5.76. The van der Waals surface area contributed by atoms with E-state index in [4.69, 9.17) is 5.73 Å². The Hall–Kier alpha value is -2.31. The number of hydrogen-bond acceptors (Lipinski definition) is 4. The summed E-state index contributed by atoms with van der Waals surface area (Å²) in [5.74, 6) is 0. The number of benzene rings is 1. The van der Waals surface area contributed by atoms with E-state index in [2.05, 4.69) is 0 Å². The largest absolute Gasteiger partial charge is 0.393 e. The zero-order valence-corrected chi connectivity index (χ0v) is 10.00. The highest BCUT2D eigenvalue weighted by Crippen LogP contribution is 2.23. The van der Waals surface area contributed by atoms with Crippen molar-refractivity contribution >= 4 is 17.4 Å². The molecule has 0 spiro atoms. The summed E-state index contributed by atoms with van der Waals surface area (Å²) in [7, 11) is 1.73. The molecule has 96 valence electrons. The van der Waals surface area contributed by atoms with Crippen LogP contribution in [0.25, 0.3) is 0 Å². The van der Waals surface area contributed by atoms with Crippen molar-refractivity contribution in [1.29, 1.82) is 0 Å². The number of amides is 2. The van der Waals surface area contributed by atoms with Crippen LogP contribution in [-0.4, -0.2) is 40.9 Å². The summed E-state index contributed by atoms with van der Waals surface area (Å²) >= 11 is 0. The molecule has 0 radical (unpaired) electrons. The number of rotatable bonds is 3. The van der Waals surface area contributed by atoms with Crippen molar-refractivity contribution in [2.24, 2.45) is 0 Å². The zero-order chi connectivity index (χ0) is 13.3. The number of nitro groups is 1. The Balaban J connectivity index is 2.18. The normalized spacial score (nSPS) is 15.3. The fourth-order valence-corrected chi connectivity index (χ4v) is 1.92. The molecule has 0 aliphatic carbocycles. The van der Waals surface area contributed by atoms with Gasteiger partial charge < -0.3 is 15.5 Å².